The highest BCUT2D eigenvalue weighted by atomic mass is 16.2. The Labute approximate surface area is 154 Å². The van der Waals surface area contributed by atoms with Crippen LogP contribution in [0.25, 0.3) is 0 Å². The summed E-state index contributed by atoms with van der Waals surface area (Å²) in [5, 5.41) is 8.98. The van der Waals surface area contributed by atoms with E-state index in [9.17, 15) is 9.59 Å². The van der Waals surface area contributed by atoms with Crippen LogP contribution in [-0.2, 0) is 9.59 Å². The number of nitrogens with one attached hydrogen (secondary N) is 3. The number of carbonyl (C=O) groups excluding carboxylic acids is 2. The minimum absolute atomic E-state index is 0.0915. The summed E-state index contributed by atoms with van der Waals surface area (Å²) in [6, 6.07) is 11.5. The fourth-order valence-electron chi connectivity index (χ4n) is 3.00. The van der Waals surface area contributed by atoms with Gasteiger partial charge in [0.25, 0.3) is 0 Å². The maximum atomic E-state index is 12.2. The molecule has 2 aromatic carbocycles. The summed E-state index contributed by atoms with van der Waals surface area (Å²) in [5.41, 5.74) is 5.80. The Kier molecular flexibility index (Phi) is 5.26. The molecule has 2 amide bonds. The first-order chi connectivity index (χ1) is 12.4. The van der Waals surface area contributed by atoms with Crippen molar-refractivity contribution in [2.24, 2.45) is 5.92 Å². The molecular weight excluding hydrogens is 326 g/mol. The van der Waals surface area contributed by atoms with Gasteiger partial charge >= 0.3 is 0 Å². The average Bonchev–Trinajstić information content (AvgIpc) is 3.42. The largest absolute Gasteiger partial charge is 0.376 e. The van der Waals surface area contributed by atoms with Gasteiger partial charge in [-0.2, -0.15) is 0 Å². The zero-order valence-corrected chi connectivity index (χ0v) is 15.5. The molecule has 136 valence electrons. The van der Waals surface area contributed by atoms with Crippen LogP contribution in [0.3, 0.4) is 0 Å². The second-order valence-electron chi connectivity index (χ2n) is 7.02. The number of amides is 2. The molecule has 2 aromatic rings. The number of anilines is 3. The Morgan fingerprint density at radius 3 is 2.08 bits per heavy atom. The van der Waals surface area contributed by atoms with E-state index < -0.39 is 0 Å². The normalized spacial score (nSPS) is 13.2. The number of hydrogen-bond donors (Lipinski definition) is 3. The first kappa shape index (κ1) is 18.0. The Morgan fingerprint density at radius 1 is 0.923 bits per heavy atom. The fourth-order valence-corrected chi connectivity index (χ4v) is 3.00. The summed E-state index contributed by atoms with van der Waals surface area (Å²) >= 11 is 0. The van der Waals surface area contributed by atoms with Crippen molar-refractivity contribution in [2.45, 2.75) is 33.6 Å². The van der Waals surface area contributed by atoms with Gasteiger partial charge in [-0.3, -0.25) is 9.59 Å². The summed E-state index contributed by atoms with van der Waals surface area (Å²) in [6.07, 6.45) is 1.97. The van der Waals surface area contributed by atoms with E-state index in [0.29, 0.717) is 0 Å². The van der Waals surface area contributed by atoms with E-state index in [1.54, 1.807) is 0 Å². The minimum atomic E-state index is -0.0915. The SMILES string of the molecule is Cc1cc(C)c(NC(=O)CNc2ccc(NC(=O)C3CC3)cc2)c(C)c1. The Morgan fingerprint density at radius 2 is 1.50 bits per heavy atom. The Hall–Kier alpha value is -2.82. The Balaban J connectivity index is 1.52. The average molecular weight is 351 g/mol. The summed E-state index contributed by atoms with van der Waals surface area (Å²) in [7, 11) is 0. The molecule has 1 aliphatic rings. The topological polar surface area (TPSA) is 70.2 Å². The molecule has 0 bridgehead atoms. The number of hydrogen-bond acceptors (Lipinski definition) is 3. The molecule has 0 aliphatic heterocycles. The molecule has 3 rings (SSSR count). The van der Waals surface area contributed by atoms with E-state index >= 15 is 0 Å². The molecule has 0 radical (unpaired) electrons. The van der Waals surface area contributed by atoms with Crippen LogP contribution in [-0.4, -0.2) is 18.4 Å². The third kappa shape index (κ3) is 4.63. The smallest absolute Gasteiger partial charge is 0.243 e. The summed E-state index contributed by atoms with van der Waals surface area (Å²) in [5.74, 6) is 0.185. The molecule has 1 aliphatic carbocycles. The van der Waals surface area contributed by atoms with Crippen LogP contribution in [0.4, 0.5) is 17.1 Å². The van der Waals surface area contributed by atoms with E-state index in [-0.39, 0.29) is 24.3 Å². The van der Waals surface area contributed by atoms with Gasteiger partial charge in [-0.15, -0.1) is 0 Å². The lowest BCUT2D eigenvalue weighted by Crippen LogP contribution is -2.22. The molecule has 3 N–H and O–H groups in total. The van der Waals surface area contributed by atoms with Crippen LogP contribution in [0.1, 0.15) is 29.5 Å². The van der Waals surface area contributed by atoms with Gasteiger partial charge in [-0.05, 0) is 69.0 Å². The first-order valence-electron chi connectivity index (χ1n) is 8.95. The third-order valence-electron chi connectivity index (χ3n) is 4.50. The Bertz CT molecular complexity index is 801. The molecule has 1 fully saturated rings. The van der Waals surface area contributed by atoms with Crippen molar-refractivity contribution in [1.82, 2.24) is 0 Å². The molecule has 0 atom stereocenters. The van der Waals surface area contributed by atoms with Gasteiger partial charge in [0.1, 0.15) is 0 Å². The highest BCUT2D eigenvalue weighted by Crippen LogP contribution is 2.30. The van der Waals surface area contributed by atoms with Crippen LogP contribution in [0.5, 0.6) is 0 Å². The zero-order valence-electron chi connectivity index (χ0n) is 15.5. The van der Waals surface area contributed by atoms with E-state index in [1.807, 2.05) is 45.0 Å². The van der Waals surface area contributed by atoms with Crippen molar-refractivity contribution in [3.8, 4) is 0 Å². The predicted molar refractivity (Wildman–Crippen MR) is 106 cm³/mol. The van der Waals surface area contributed by atoms with Gasteiger partial charge in [0, 0.05) is 23.0 Å². The lowest BCUT2D eigenvalue weighted by atomic mass is 10.1. The predicted octanol–water partition coefficient (Wildman–Crippen LogP) is 4.01. The third-order valence-corrected chi connectivity index (χ3v) is 4.50. The molecule has 5 heteroatoms. The second-order valence-corrected chi connectivity index (χ2v) is 7.02. The molecule has 5 nitrogen and oxygen atoms in total. The molecule has 26 heavy (non-hydrogen) atoms. The molecule has 0 aromatic heterocycles. The molecule has 0 spiro atoms. The molecule has 0 saturated heterocycles. The maximum Gasteiger partial charge on any atom is 0.243 e. The molecule has 1 saturated carbocycles. The van der Waals surface area contributed by atoms with Crippen molar-refractivity contribution in [3.63, 3.8) is 0 Å². The van der Waals surface area contributed by atoms with E-state index in [4.69, 9.17) is 0 Å². The van der Waals surface area contributed by atoms with Crippen LogP contribution in [0.2, 0.25) is 0 Å². The quantitative estimate of drug-likeness (QED) is 0.736. The lowest BCUT2D eigenvalue weighted by molar-refractivity contribution is -0.117. The lowest BCUT2D eigenvalue weighted by Gasteiger charge is -2.13. The van der Waals surface area contributed by atoms with Crippen molar-refractivity contribution in [2.75, 3.05) is 22.5 Å². The van der Waals surface area contributed by atoms with Crippen molar-refractivity contribution in [3.05, 3.63) is 53.1 Å². The van der Waals surface area contributed by atoms with E-state index in [1.165, 1.54) is 5.56 Å². The number of benzene rings is 2. The molecule has 0 unspecified atom stereocenters. The van der Waals surface area contributed by atoms with Crippen molar-refractivity contribution < 1.29 is 9.59 Å². The maximum absolute atomic E-state index is 12.2. The van der Waals surface area contributed by atoms with Gasteiger partial charge in [-0.25, -0.2) is 0 Å². The zero-order chi connectivity index (χ0) is 18.7. The van der Waals surface area contributed by atoms with Crippen LogP contribution >= 0.6 is 0 Å². The van der Waals surface area contributed by atoms with Crippen LogP contribution in [0.15, 0.2) is 36.4 Å². The number of carbonyl (C=O) groups is 2. The monoisotopic (exact) mass is 351 g/mol. The van der Waals surface area contributed by atoms with Crippen molar-refractivity contribution in [1.29, 1.82) is 0 Å². The summed E-state index contributed by atoms with van der Waals surface area (Å²) in [6.45, 7) is 6.22. The fraction of sp³-hybridized carbons (Fsp3) is 0.333. The summed E-state index contributed by atoms with van der Waals surface area (Å²) in [4.78, 5) is 24.0. The first-order valence-corrected chi connectivity index (χ1v) is 8.95. The highest BCUT2D eigenvalue weighted by Gasteiger charge is 2.29. The van der Waals surface area contributed by atoms with Crippen LogP contribution in [0, 0.1) is 26.7 Å². The van der Waals surface area contributed by atoms with Gasteiger partial charge in [0.05, 0.1) is 6.54 Å². The number of aryl methyl sites for hydroxylation is 3. The summed E-state index contributed by atoms with van der Waals surface area (Å²) < 4.78 is 0. The van der Waals surface area contributed by atoms with Crippen molar-refractivity contribution >= 4 is 28.9 Å². The van der Waals surface area contributed by atoms with Gasteiger partial charge in [0.2, 0.25) is 11.8 Å². The second kappa shape index (κ2) is 7.60. The number of rotatable bonds is 6. The van der Waals surface area contributed by atoms with Crippen LogP contribution < -0.4 is 16.0 Å². The van der Waals surface area contributed by atoms with Gasteiger partial charge in [0.15, 0.2) is 0 Å². The minimum Gasteiger partial charge on any atom is -0.376 e. The van der Waals surface area contributed by atoms with E-state index in [0.717, 1.165) is 41.0 Å². The van der Waals surface area contributed by atoms with E-state index in [2.05, 4.69) is 28.1 Å². The molecular formula is C21H25N3O2. The van der Waals surface area contributed by atoms with Gasteiger partial charge in [-0.1, -0.05) is 17.7 Å². The standard InChI is InChI=1S/C21H25N3O2/c1-13-10-14(2)20(15(3)11-13)24-19(25)12-22-17-6-8-18(9-7-17)23-21(26)16-4-5-16/h6-11,16,22H,4-5,12H2,1-3H3,(H,23,26)(H,24,25). The van der Waals surface area contributed by atoms with Gasteiger partial charge < -0.3 is 16.0 Å². The highest BCUT2D eigenvalue weighted by molar-refractivity contribution is 5.95. The molecule has 0 heterocycles.